The topological polar surface area (TPSA) is 33.1 Å². The van der Waals surface area contributed by atoms with Crippen LogP contribution >= 0.6 is 11.8 Å². The second kappa shape index (κ2) is 6.26. The fraction of sp³-hybridized carbons (Fsp3) is 0.615. The van der Waals surface area contributed by atoms with E-state index in [4.69, 9.17) is 0 Å². The van der Waals surface area contributed by atoms with E-state index in [1.165, 1.54) is 4.90 Å². The lowest BCUT2D eigenvalue weighted by Gasteiger charge is -2.15. The van der Waals surface area contributed by atoms with Crippen LogP contribution in [0.3, 0.4) is 0 Å². The van der Waals surface area contributed by atoms with E-state index in [-0.39, 0.29) is 0 Å². The number of rotatable bonds is 5. The third-order valence-electron chi connectivity index (χ3n) is 2.75. The average molecular weight is 239 g/mol. The Bertz CT molecular complexity index is 310. The van der Waals surface area contributed by atoms with Crippen molar-refractivity contribution in [2.75, 3.05) is 0 Å². The average Bonchev–Trinajstić information content (AvgIpc) is 2.28. The van der Waals surface area contributed by atoms with Crippen molar-refractivity contribution in [2.45, 2.75) is 50.4 Å². The van der Waals surface area contributed by atoms with Crippen LogP contribution in [-0.2, 0) is 0 Å². The Morgan fingerprint density at radius 1 is 1.31 bits per heavy atom. The highest BCUT2D eigenvalue weighted by Gasteiger charge is 2.10. The van der Waals surface area contributed by atoms with Gasteiger partial charge in [-0.3, -0.25) is 4.98 Å². The lowest BCUT2D eigenvalue weighted by atomic mass is 10.2. The number of aliphatic hydroxyl groups is 1. The van der Waals surface area contributed by atoms with Gasteiger partial charge in [-0.1, -0.05) is 27.7 Å². The van der Waals surface area contributed by atoms with Crippen LogP contribution in [0.4, 0.5) is 0 Å². The molecule has 0 spiro atoms. The second-order valence-corrected chi connectivity index (χ2v) is 5.86. The Balaban J connectivity index is 2.64. The summed E-state index contributed by atoms with van der Waals surface area (Å²) in [6.45, 7) is 8.63. The second-order valence-electron chi connectivity index (χ2n) is 4.41. The highest BCUT2D eigenvalue weighted by molar-refractivity contribution is 8.00. The molecule has 0 amide bonds. The van der Waals surface area contributed by atoms with E-state index in [0.717, 1.165) is 5.69 Å². The van der Waals surface area contributed by atoms with Crippen molar-refractivity contribution in [2.24, 2.45) is 5.92 Å². The monoisotopic (exact) mass is 239 g/mol. The Morgan fingerprint density at radius 3 is 2.44 bits per heavy atom. The molecule has 0 bridgehead atoms. The van der Waals surface area contributed by atoms with Crippen LogP contribution in [-0.4, -0.2) is 15.3 Å². The molecule has 90 valence electrons. The molecule has 1 aromatic heterocycles. The predicted octanol–water partition coefficient (Wildman–Crippen LogP) is 3.66. The summed E-state index contributed by atoms with van der Waals surface area (Å²) in [5.41, 5.74) is 0.768. The van der Waals surface area contributed by atoms with Gasteiger partial charge in [0.1, 0.15) is 0 Å². The predicted molar refractivity (Wildman–Crippen MR) is 69.6 cm³/mol. The minimum absolute atomic E-state index is 0.429. The maximum atomic E-state index is 9.62. The van der Waals surface area contributed by atoms with Gasteiger partial charge in [0.15, 0.2) is 0 Å². The molecule has 2 nitrogen and oxygen atoms in total. The van der Waals surface area contributed by atoms with Crippen molar-refractivity contribution < 1.29 is 5.11 Å². The highest BCUT2D eigenvalue weighted by Crippen LogP contribution is 2.27. The zero-order valence-electron chi connectivity index (χ0n) is 10.5. The molecule has 0 saturated heterocycles. The van der Waals surface area contributed by atoms with Crippen molar-refractivity contribution in [3.8, 4) is 0 Å². The van der Waals surface area contributed by atoms with Crippen LogP contribution < -0.4 is 0 Å². The van der Waals surface area contributed by atoms with Gasteiger partial charge < -0.3 is 5.11 Å². The van der Waals surface area contributed by atoms with Gasteiger partial charge >= 0.3 is 0 Å². The molecular weight excluding hydrogens is 218 g/mol. The lowest BCUT2D eigenvalue weighted by molar-refractivity contribution is 0.169. The summed E-state index contributed by atoms with van der Waals surface area (Å²) in [5.74, 6) is 0.658. The van der Waals surface area contributed by atoms with Crippen molar-refractivity contribution >= 4 is 11.8 Å². The Labute approximate surface area is 102 Å². The molecule has 0 aliphatic heterocycles. The summed E-state index contributed by atoms with van der Waals surface area (Å²) in [6, 6.07) is 3.97. The minimum Gasteiger partial charge on any atom is -0.387 e. The molecule has 0 aliphatic rings. The first-order valence-electron chi connectivity index (χ1n) is 5.85. The largest absolute Gasteiger partial charge is 0.387 e. The van der Waals surface area contributed by atoms with Gasteiger partial charge in [0.25, 0.3) is 0 Å². The molecule has 0 saturated carbocycles. The van der Waals surface area contributed by atoms with Gasteiger partial charge in [-0.25, -0.2) is 0 Å². The summed E-state index contributed by atoms with van der Waals surface area (Å²) in [5, 5.41) is 10.2. The quantitative estimate of drug-likeness (QED) is 0.796. The maximum Gasteiger partial charge on any atom is 0.0957 e. The number of hydrogen-bond acceptors (Lipinski definition) is 3. The summed E-state index contributed by atoms with van der Waals surface area (Å²) in [4.78, 5) is 5.47. The fourth-order valence-electron chi connectivity index (χ4n) is 1.22. The van der Waals surface area contributed by atoms with Gasteiger partial charge in [0.2, 0.25) is 0 Å². The van der Waals surface area contributed by atoms with Crippen LogP contribution in [0.15, 0.2) is 23.2 Å². The van der Waals surface area contributed by atoms with E-state index in [9.17, 15) is 5.11 Å². The summed E-state index contributed by atoms with van der Waals surface area (Å²) >= 11 is 1.84. The SMILES string of the molecule is CC[C@H](O)c1ccc(SC(C)C(C)C)cn1. The zero-order chi connectivity index (χ0) is 12.1. The number of aromatic nitrogens is 1. The molecule has 0 fully saturated rings. The van der Waals surface area contributed by atoms with E-state index in [1.54, 1.807) is 0 Å². The van der Waals surface area contributed by atoms with E-state index in [1.807, 2.05) is 37.0 Å². The van der Waals surface area contributed by atoms with Gasteiger partial charge in [0, 0.05) is 16.3 Å². The van der Waals surface area contributed by atoms with Crippen LogP contribution in [0, 0.1) is 5.92 Å². The normalized spacial score (nSPS) is 15.1. The molecule has 1 N–H and O–H groups in total. The molecule has 0 radical (unpaired) electrons. The number of hydrogen-bond donors (Lipinski definition) is 1. The van der Waals surface area contributed by atoms with Crippen LogP contribution in [0.2, 0.25) is 0 Å². The van der Waals surface area contributed by atoms with E-state index < -0.39 is 6.10 Å². The molecule has 1 aromatic rings. The Kier molecular flexibility index (Phi) is 5.29. The van der Waals surface area contributed by atoms with E-state index in [0.29, 0.717) is 17.6 Å². The van der Waals surface area contributed by atoms with E-state index in [2.05, 4.69) is 25.8 Å². The van der Waals surface area contributed by atoms with Gasteiger partial charge in [-0.15, -0.1) is 11.8 Å². The maximum absolute atomic E-state index is 9.62. The third kappa shape index (κ3) is 3.80. The Morgan fingerprint density at radius 2 is 2.00 bits per heavy atom. The Hall–Kier alpha value is -0.540. The third-order valence-corrected chi connectivity index (χ3v) is 4.18. The molecule has 0 aromatic carbocycles. The first-order chi connectivity index (χ1) is 7.54. The molecule has 3 heteroatoms. The van der Waals surface area contributed by atoms with Crippen molar-refractivity contribution in [3.05, 3.63) is 24.0 Å². The minimum atomic E-state index is -0.429. The van der Waals surface area contributed by atoms with Crippen molar-refractivity contribution in [1.29, 1.82) is 0 Å². The molecule has 1 rings (SSSR count). The first-order valence-corrected chi connectivity index (χ1v) is 6.73. The highest BCUT2D eigenvalue weighted by atomic mass is 32.2. The first kappa shape index (κ1) is 13.5. The lowest BCUT2D eigenvalue weighted by Crippen LogP contribution is -2.05. The number of nitrogens with zero attached hydrogens (tertiary/aromatic N) is 1. The van der Waals surface area contributed by atoms with Gasteiger partial charge in [0.05, 0.1) is 11.8 Å². The van der Waals surface area contributed by atoms with Gasteiger partial charge in [-0.2, -0.15) is 0 Å². The van der Waals surface area contributed by atoms with Crippen LogP contribution in [0.1, 0.15) is 45.9 Å². The fourth-order valence-corrected chi connectivity index (χ4v) is 2.18. The summed E-state index contributed by atoms with van der Waals surface area (Å²) in [7, 11) is 0. The van der Waals surface area contributed by atoms with Crippen LogP contribution in [0.25, 0.3) is 0 Å². The molecule has 2 atom stereocenters. The van der Waals surface area contributed by atoms with Crippen LogP contribution in [0.5, 0.6) is 0 Å². The summed E-state index contributed by atoms with van der Waals surface area (Å²) in [6.07, 6.45) is 2.14. The molecule has 1 unspecified atom stereocenters. The van der Waals surface area contributed by atoms with E-state index >= 15 is 0 Å². The molecule has 0 aliphatic carbocycles. The molecule has 16 heavy (non-hydrogen) atoms. The summed E-state index contributed by atoms with van der Waals surface area (Å²) < 4.78 is 0. The molecular formula is C13H21NOS. The van der Waals surface area contributed by atoms with Crippen molar-refractivity contribution in [1.82, 2.24) is 4.98 Å². The standard InChI is InChI=1S/C13H21NOS/c1-5-13(15)12-7-6-11(8-14-12)16-10(4)9(2)3/h6-10,13,15H,5H2,1-4H3/t10?,13-/m0/s1. The van der Waals surface area contributed by atoms with Crippen molar-refractivity contribution in [3.63, 3.8) is 0 Å². The number of pyridine rings is 1. The van der Waals surface area contributed by atoms with Gasteiger partial charge in [-0.05, 0) is 24.5 Å². The number of thioether (sulfide) groups is 1. The number of aliphatic hydroxyl groups excluding tert-OH is 1. The smallest absolute Gasteiger partial charge is 0.0957 e. The molecule has 1 heterocycles. The zero-order valence-corrected chi connectivity index (χ0v) is 11.3.